The molecule has 0 spiro atoms. The van der Waals surface area contributed by atoms with E-state index in [0.29, 0.717) is 10.7 Å². The lowest BCUT2D eigenvalue weighted by atomic mass is 10.3. The molecule has 1 aliphatic rings. The monoisotopic (exact) mass is 239 g/mol. The molecule has 0 aromatic carbocycles. The van der Waals surface area contributed by atoms with Gasteiger partial charge in [0.2, 0.25) is 0 Å². The van der Waals surface area contributed by atoms with Crippen LogP contribution in [0, 0.1) is 0 Å². The molecule has 15 heavy (non-hydrogen) atoms. The van der Waals surface area contributed by atoms with Crippen molar-refractivity contribution in [3.8, 4) is 0 Å². The van der Waals surface area contributed by atoms with Gasteiger partial charge in [-0.3, -0.25) is 0 Å². The molecule has 2 N–H and O–H groups in total. The van der Waals surface area contributed by atoms with Crippen molar-refractivity contribution in [3.63, 3.8) is 0 Å². The molecule has 1 saturated heterocycles. The molecule has 0 unspecified atom stereocenters. The maximum atomic E-state index is 5.56. The van der Waals surface area contributed by atoms with Crippen LogP contribution < -0.4 is 10.6 Å². The summed E-state index contributed by atoms with van der Waals surface area (Å²) in [5.41, 5.74) is 6.27. The third-order valence-corrected chi connectivity index (χ3v) is 3.47. The van der Waals surface area contributed by atoms with Crippen molar-refractivity contribution in [1.29, 1.82) is 0 Å². The van der Waals surface area contributed by atoms with Gasteiger partial charge >= 0.3 is 0 Å². The number of anilines is 1. The highest BCUT2D eigenvalue weighted by Crippen LogP contribution is 2.17. The molecule has 1 aromatic heterocycles. The van der Waals surface area contributed by atoms with Crippen molar-refractivity contribution in [2.45, 2.75) is 0 Å². The Hall–Kier alpha value is -0.810. The largest absolute Gasteiger partial charge is 0.388 e. The number of hydrogen-bond acceptors (Lipinski definition) is 4. The molecule has 0 atom stereocenters. The molecule has 5 heteroatoms. The van der Waals surface area contributed by atoms with Crippen molar-refractivity contribution < 1.29 is 0 Å². The van der Waals surface area contributed by atoms with Crippen molar-refractivity contribution in [1.82, 2.24) is 4.98 Å². The van der Waals surface area contributed by atoms with E-state index in [9.17, 15) is 0 Å². The van der Waals surface area contributed by atoms with Crippen LogP contribution in [0.3, 0.4) is 0 Å². The summed E-state index contributed by atoms with van der Waals surface area (Å²) in [6.45, 7) is 2.11. The highest BCUT2D eigenvalue weighted by molar-refractivity contribution is 7.99. The van der Waals surface area contributed by atoms with Crippen LogP contribution in [-0.2, 0) is 0 Å². The van der Waals surface area contributed by atoms with Gasteiger partial charge in [-0.2, -0.15) is 11.8 Å². The summed E-state index contributed by atoms with van der Waals surface area (Å²) in [5.74, 6) is 3.32. The first-order valence-corrected chi connectivity index (χ1v) is 6.43. The quantitative estimate of drug-likeness (QED) is 0.787. The third-order valence-electron chi connectivity index (χ3n) is 2.32. The van der Waals surface area contributed by atoms with Gasteiger partial charge in [-0.25, -0.2) is 4.98 Å². The summed E-state index contributed by atoms with van der Waals surface area (Å²) in [6, 6.07) is 5.82. The average molecular weight is 239 g/mol. The molecule has 1 aromatic rings. The maximum absolute atomic E-state index is 5.56. The number of hydrogen-bond donors (Lipinski definition) is 1. The number of nitrogens with two attached hydrogens (primary N) is 1. The fraction of sp³-hybridized carbons (Fsp3) is 0.400. The zero-order valence-corrected chi connectivity index (χ0v) is 9.98. The molecule has 1 aliphatic heterocycles. The average Bonchev–Trinajstić information content (AvgIpc) is 2.30. The summed E-state index contributed by atoms with van der Waals surface area (Å²) in [6.07, 6.45) is 0. The summed E-state index contributed by atoms with van der Waals surface area (Å²) < 4.78 is 0. The van der Waals surface area contributed by atoms with E-state index in [0.717, 1.165) is 18.9 Å². The lowest BCUT2D eigenvalue weighted by Crippen LogP contribution is -2.33. The van der Waals surface area contributed by atoms with Gasteiger partial charge in [-0.05, 0) is 12.1 Å². The van der Waals surface area contributed by atoms with E-state index in [2.05, 4.69) is 9.88 Å². The summed E-state index contributed by atoms with van der Waals surface area (Å²) in [7, 11) is 0. The van der Waals surface area contributed by atoms with Crippen LogP contribution in [0.1, 0.15) is 5.69 Å². The van der Waals surface area contributed by atoms with Gasteiger partial charge in [0.25, 0.3) is 0 Å². The lowest BCUT2D eigenvalue weighted by Gasteiger charge is -2.27. The number of thiocarbonyl (C=S) groups is 1. The van der Waals surface area contributed by atoms with E-state index in [4.69, 9.17) is 18.0 Å². The normalized spacial score (nSPS) is 16.4. The first-order chi connectivity index (χ1) is 7.27. The van der Waals surface area contributed by atoms with Gasteiger partial charge < -0.3 is 10.6 Å². The minimum atomic E-state index is 0.364. The second kappa shape index (κ2) is 4.81. The molecular formula is C10H13N3S2. The number of thioether (sulfide) groups is 1. The van der Waals surface area contributed by atoms with Gasteiger partial charge in [0.05, 0.1) is 5.69 Å². The third kappa shape index (κ3) is 2.60. The molecule has 1 fully saturated rings. The molecule has 2 heterocycles. The van der Waals surface area contributed by atoms with Crippen LogP contribution in [0.5, 0.6) is 0 Å². The Labute approximate surface area is 99.1 Å². The van der Waals surface area contributed by atoms with Crippen LogP contribution in [0.2, 0.25) is 0 Å². The maximum Gasteiger partial charge on any atom is 0.129 e. The van der Waals surface area contributed by atoms with E-state index < -0.39 is 0 Å². The highest BCUT2D eigenvalue weighted by atomic mass is 32.2. The number of pyridine rings is 1. The standard InChI is InChI=1S/C10H13N3S2/c11-10(14)8-2-1-3-9(12-8)13-4-6-15-7-5-13/h1-3H,4-7H2,(H2,11,14). The van der Waals surface area contributed by atoms with Crippen LogP contribution in [0.25, 0.3) is 0 Å². The molecule has 2 rings (SSSR count). The minimum Gasteiger partial charge on any atom is -0.388 e. The molecule has 0 amide bonds. The molecular weight excluding hydrogens is 226 g/mol. The fourth-order valence-corrected chi connectivity index (χ4v) is 2.55. The van der Waals surface area contributed by atoms with E-state index in [1.54, 1.807) is 0 Å². The first kappa shape index (κ1) is 10.7. The van der Waals surface area contributed by atoms with Crippen LogP contribution in [0.15, 0.2) is 18.2 Å². The molecule has 0 aliphatic carbocycles. The van der Waals surface area contributed by atoms with E-state index >= 15 is 0 Å². The Kier molecular flexibility index (Phi) is 3.43. The molecule has 0 saturated carbocycles. The smallest absolute Gasteiger partial charge is 0.129 e. The van der Waals surface area contributed by atoms with E-state index in [1.165, 1.54) is 11.5 Å². The van der Waals surface area contributed by atoms with Crippen LogP contribution in [0.4, 0.5) is 5.82 Å². The SMILES string of the molecule is NC(=S)c1cccc(N2CCSCC2)n1. The molecule has 80 valence electrons. The zero-order chi connectivity index (χ0) is 10.7. The van der Waals surface area contributed by atoms with Gasteiger partial charge in [-0.15, -0.1) is 0 Å². The molecule has 0 radical (unpaired) electrons. The van der Waals surface area contributed by atoms with Crippen LogP contribution >= 0.6 is 24.0 Å². The Morgan fingerprint density at radius 1 is 1.40 bits per heavy atom. The molecule has 3 nitrogen and oxygen atoms in total. The van der Waals surface area contributed by atoms with Crippen molar-refractivity contribution in [2.24, 2.45) is 5.73 Å². The topological polar surface area (TPSA) is 42.1 Å². The van der Waals surface area contributed by atoms with Crippen molar-refractivity contribution in [2.75, 3.05) is 29.5 Å². The highest BCUT2D eigenvalue weighted by Gasteiger charge is 2.12. The summed E-state index contributed by atoms with van der Waals surface area (Å²) >= 11 is 6.90. The lowest BCUT2D eigenvalue weighted by molar-refractivity contribution is 0.838. The Morgan fingerprint density at radius 3 is 2.80 bits per heavy atom. The number of rotatable bonds is 2. The summed E-state index contributed by atoms with van der Waals surface area (Å²) in [5, 5.41) is 0. The predicted molar refractivity (Wildman–Crippen MR) is 69.7 cm³/mol. The van der Waals surface area contributed by atoms with Crippen molar-refractivity contribution in [3.05, 3.63) is 23.9 Å². The van der Waals surface area contributed by atoms with Gasteiger partial charge in [0.15, 0.2) is 0 Å². The van der Waals surface area contributed by atoms with E-state index in [-0.39, 0.29) is 0 Å². The van der Waals surface area contributed by atoms with Gasteiger partial charge in [0.1, 0.15) is 10.8 Å². The second-order valence-corrected chi connectivity index (χ2v) is 5.01. The number of aromatic nitrogens is 1. The Balaban J connectivity index is 2.19. The Bertz CT molecular complexity index is 361. The number of nitrogens with zero attached hydrogens (tertiary/aromatic N) is 2. The van der Waals surface area contributed by atoms with Gasteiger partial charge in [-0.1, -0.05) is 18.3 Å². The predicted octanol–water partition coefficient (Wildman–Crippen LogP) is 1.27. The summed E-state index contributed by atoms with van der Waals surface area (Å²) in [4.78, 5) is 7.09. The van der Waals surface area contributed by atoms with Crippen molar-refractivity contribution >= 4 is 34.8 Å². The zero-order valence-electron chi connectivity index (χ0n) is 8.35. The van der Waals surface area contributed by atoms with Crippen LogP contribution in [-0.4, -0.2) is 34.6 Å². The fourth-order valence-electron chi connectivity index (χ4n) is 1.53. The first-order valence-electron chi connectivity index (χ1n) is 4.87. The van der Waals surface area contributed by atoms with E-state index in [1.807, 2.05) is 30.0 Å². The van der Waals surface area contributed by atoms with Gasteiger partial charge in [0, 0.05) is 24.6 Å². The molecule has 0 bridgehead atoms. The second-order valence-electron chi connectivity index (χ2n) is 3.34. The Morgan fingerprint density at radius 2 is 2.13 bits per heavy atom. The minimum absolute atomic E-state index is 0.364.